The van der Waals surface area contributed by atoms with E-state index in [0.29, 0.717) is 56.0 Å². The number of allylic oxidation sites excluding steroid dienone is 2. The Morgan fingerprint density at radius 1 is 0.980 bits per heavy atom. The molecular weight excluding hydrogens is 636 g/mol. The van der Waals surface area contributed by atoms with Crippen molar-refractivity contribution in [1.82, 2.24) is 4.90 Å². The van der Waals surface area contributed by atoms with Gasteiger partial charge < -0.3 is 24.8 Å². The van der Waals surface area contributed by atoms with Gasteiger partial charge in [0.15, 0.2) is 5.76 Å². The number of hydrogen-bond acceptors (Lipinski definition) is 5. The lowest BCUT2D eigenvalue weighted by Crippen LogP contribution is -2.58. The van der Waals surface area contributed by atoms with Crippen LogP contribution in [-0.2, 0) is 6.42 Å². The van der Waals surface area contributed by atoms with Gasteiger partial charge >= 0.3 is 6.03 Å². The van der Waals surface area contributed by atoms with E-state index in [4.69, 9.17) is 4.42 Å². The molecule has 1 aromatic heterocycles. The molecule has 272 valence electrons. The minimum atomic E-state index is -1.20. The molecule has 4 saturated carbocycles. The summed E-state index contributed by atoms with van der Waals surface area (Å²) < 4.78 is 5.61. The Hall–Kier alpha value is -3.68. The number of carbonyl (C=O) groups excluding carboxylic acids is 2. The van der Waals surface area contributed by atoms with E-state index in [1.165, 1.54) is 24.7 Å². The van der Waals surface area contributed by atoms with Gasteiger partial charge in [0.1, 0.15) is 0 Å². The minimum Gasteiger partial charge on any atom is -0.461 e. The number of aliphatic hydroxyl groups excluding tert-OH is 1. The Morgan fingerprint density at radius 2 is 1.78 bits per heavy atom. The highest BCUT2D eigenvalue weighted by Gasteiger charge is 2.59. The topological polar surface area (TPSA) is 103 Å². The summed E-state index contributed by atoms with van der Waals surface area (Å²) in [6.07, 6.45) is 11.3. The third kappa shape index (κ3) is 6.84. The zero-order valence-corrected chi connectivity index (χ0v) is 30.9. The molecule has 0 aliphatic heterocycles. The molecule has 6 aliphatic rings. The Bertz CT molecular complexity index is 1750. The molecule has 51 heavy (non-hydrogen) atoms. The fourth-order valence-electron chi connectivity index (χ4n) is 10.5. The molecule has 3 aromatic rings. The number of para-hydroxylation sites is 1. The molecule has 2 amide bonds. The fraction of sp³-hybridized carbons (Fsp3) is 0.545. The Morgan fingerprint density at radius 3 is 2.51 bits per heavy atom. The SMILES string of the molecule is CC1=CCCC2(C)C(CCC2(O)CN(CC2CCC3CC2C3(C)C)C(=O)Nc2ccccc2)c2ccc(cc2C(=O)c2ccco2)CC(O)CC1. The molecule has 0 radical (unpaired) electrons. The third-order valence-electron chi connectivity index (χ3n) is 13.9. The van der Waals surface area contributed by atoms with Gasteiger partial charge in [-0.15, -0.1) is 0 Å². The van der Waals surface area contributed by atoms with E-state index in [1.54, 1.807) is 12.1 Å². The van der Waals surface area contributed by atoms with Crippen molar-refractivity contribution in [3.63, 3.8) is 0 Å². The number of nitrogens with zero attached hydrogens (tertiary/aromatic N) is 1. The summed E-state index contributed by atoms with van der Waals surface area (Å²) in [6.45, 7) is 9.92. The van der Waals surface area contributed by atoms with Crippen molar-refractivity contribution in [3.8, 4) is 0 Å². The molecule has 4 bridgehead atoms. The molecule has 3 N–H and O–H groups in total. The van der Waals surface area contributed by atoms with Gasteiger partial charge in [0.2, 0.25) is 5.78 Å². The molecule has 1 heterocycles. The first-order chi connectivity index (χ1) is 24.4. The van der Waals surface area contributed by atoms with Gasteiger partial charge in [-0.05, 0) is 142 Å². The van der Waals surface area contributed by atoms with E-state index < -0.39 is 17.1 Å². The van der Waals surface area contributed by atoms with Gasteiger partial charge in [-0.3, -0.25) is 4.79 Å². The van der Waals surface area contributed by atoms with Crippen LogP contribution >= 0.6 is 0 Å². The van der Waals surface area contributed by atoms with Gasteiger partial charge in [-0.1, -0.05) is 62.8 Å². The summed E-state index contributed by atoms with van der Waals surface area (Å²) in [5.41, 5.74) is 2.79. The second-order valence-corrected chi connectivity index (χ2v) is 17.1. The molecule has 6 aliphatic carbocycles. The van der Waals surface area contributed by atoms with E-state index in [-0.39, 0.29) is 35.5 Å². The molecule has 0 spiro atoms. The molecule has 7 heteroatoms. The van der Waals surface area contributed by atoms with Gasteiger partial charge in [0.25, 0.3) is 0 Å². The first-order valence-corrected chi connectivity index (χ1v) is 19.3. The van der Waals surface area contributed by atoms with Crippen molar-refractivity contribution >= 4 is 17.5 Å². The maximum atomic E-state index is 14.3. The second kappa shape index (κ2) is 14.0. The number of fused-ring (bicyclic) bond motifs is 10. The smallest absolute Gasteiger partial charge is 0.321 e. The number of urea groups is 1. The van der Waals surface area contributed by atoms with Crippen LogP contribution < -0.4 is 5.32 Å². The molecule has 7 unspecified atom stereocenters. The fourth-order valence-corrected chi connectivity index (χ4v) is 10.5. The average molecular weight is 693 g/mol. The predicted octanol–water partition coefficient (Wildman–Crippen LogP) is 9.16. The van der Waals surface area contributed by atoms with Crippen LogP contribution in [0.1, 0.15) is 119 Å². The number of amides is 2. The lowest BCUT2D eigenvalue weighted by Gasteiger charge is -2.60. The van der Waals surface area contributed by atoms with Crippen LogP contribution in [0.3, 0.4) is 0 Å². The van der Waals surface area contributed by atoms with E-state index in [2.05, 4.69) is 45.2 Å². The summed E-state index contributed by atoms with van der Waals surface area (Å²) in [5.74, 6) is 1.68. The standard InChI is InChI=1S/C44H56N2O5/c1-29-10-8-21-43(4)37(35-19-15-30(24-34(47)18-14-29)25-36(35)40(48)39-13-9-23-51-39)20-22-44(43,50)28-46(41(49)45-33-11-6-5-7-12-33)27-31-16-17-32-26-38(31)42(32,2)3/h5-7,9-13,15,19,23,25,31-32,34,37-38,47,50H,8,14,16-18,20-22,24,26-28H2,1-4H3,(H,45,49). The maximum absolute atomic E-state index is 14.3. The number of anilines is 1. The van der Waals surface area contributed by atoms with Crippen LogP contribution in [0.4, 0.5) is 10.5 Å². The van der Waals surface area contributed by atoms with Crippen LogP contribution in [0.15, 0.2) is 83.0 Å². The minimum absolute atomic E-state index is 0.132. The highest BCUT2D eigenvalue weighted by molar-refractivity contribution is 6.08. The largest absolute Gasteiger partial charge is 0.461 e. The van der Waals surface area contributed by atoms with Crippen LogP contribution in [0.5, 0.6) is 0 Å². The quantitative estimate of drug-likeness (QED) is 0.169. The summed E-state index contributed by atoms with van der Waals surface area (Å²) in [5, 5.41) is 27.2. The molecule has 7 nitrogen and oxygen atoms in total. The highest BCUT2D eigenvalue weighted by atomic mass is 16.3. The van der Waals surface area contributed by atoms with Crippen molar-refractivity contribution in [2.75, 3.05) is 18.4 Å². The van der Waals surface area contributed by atoms with Crippen molar-refractivity contribution in [2.45, 2.75) is 110 Å². The normalized spacial score (nSPS) is 31.5. The number of benzene rings is 2. The third-order valence-corrected chi connectivity index (χ3v) is 13.9. The zero-order chi connectivity index (χ0) is 36.0. The van der Waals surface area contributed by atoms with E-state index in [9.17, 15) is 19.8 Å². The number of hydrogen-bond donors (Lipinski definition) is 3. The first kappa shape index (κ1) is 35.7. The highest BCUT2D eigenvalue weighted by Crippen LogP contribution is 2.62. The molecule has 9 rings (SSSR count). The monoisotopic (exact) mass is 692 g/mol. The van der Waals surface area contributed by atoms with Gasteiger partial charge in [0, 0.05) is 23.2 Å². The summed E-state index contributed by atoms with van der Waals surface area (Å²) in [7, 11) is 0. The van der Waals surface area contributed by atoms with Crippen LogP contribution in [0, 0.1) is 28.6 Å². The van der Waals surface area contributed by atoms with Crippen LogP contribution in [0.25, 0.3) is 0 Å². The number of ketones is 1. The van der Waals surface area contributed by atoms with E-state index >= 15 is 0 Å². The summed E-state index contributed by atoms with van der Waals surface area (Å²) in [4.78, 5) is 30.3. The lowest BCUT2D eigenvalue weighted by atomic mass is 9.45. The summed E-state index contributed by atoms with van der Waals surface area (Å²) in [6, 6.07) is 18.9. The molecule has 7 atom stereocenters. The van der Waals surface area contributed by atoms with E-state index in [1.807, 2.05) is 47.4 Å². The lowest BCUT2D eigenvalue weighted by molar-refractivity contribution is -0.117. The van der Waals surface area contributed by atoms with Gasteiger partial charge in [-0.25, -0.2) is 4.79 Å². The van der Waals surface area contributed by atoms with Crippen LogP contribution in [-0.4, -0.2) is 51.7 Å². The number of carbonyl (C=O) groups is 2. The zero-order valence-electron chi connectivity index (χ0n) is 30.9. The van der Waals surface area contributed by atoms with Crippen molar-refractivity contribution < 1.29 is 24.2 Å². The predicted molar refractivity (Wildman–Crippen MR) is 201 cm³/mol. The Kier molecular flexibility index (Phi) is 9.83. The number of aliphatic hydroxyl groups is 2. The second-order valence-electron chi connectivity index (χ2n) is 17.1. The van der Waals surface area contributed by atoms with Crippen molar-refractivity contribution in [2.24, 2.45) is 28.6 Å². The molecular formula is C44H56N2O5. The van der Waals surface area contributed by atoms with E-state index in [0.717, 1.165) is 42.0 Å². The summed E-state index contributed by atoms with van der Waals surface area (Å²) >= 11 is 0. The van der Waals surface area contributed by atoms with Crippen molar-refractivity contribution in [1.29, 1.82) is 0 Å². The molecule has 4 fully saturated rings. The van der Waals surface area contributed by atoms with Crippen LogP contribution in [0.2, 0.25) is 0 Å². The Labute approximate surface area is 303 Å². The molecule has 2 aromatic carbocycles. The Balaban J connectivity index is 1.26. The van der Waals surface area contributed by atoms with Gasteiger partial charge in [0.05, 0.1) is 24.5 Å². The first-order valence-electron chi connectivity index (χ1n) is 19.3. The maximum Gasteiger partial charge on any atom is 0.321 e. The average Bonchev–Trinajstić information content (AvgIpc) is 3.74. The van der Waals surface area contributed by atoms with Crippen molar-refractivity contribution in [3.05, 3.63) is 101 Å². The molecule has 0 saturated heterocycles. The number of nitrogens with one attached hydrogen (secondary N) is 1. The number of furan rings is 1. The number of rotatable bonds is 7. The van der Waals surface area contributed by atoms with Gasteiger partial charge in [-0.2, -0.15) is 0 Å².